The van der Waals surface area contributed by atoms with E-state index in [-0.39, 0.29) is 16.8 Å². The Morgan fingerprint density at radius 3 is 2.55 bits per heavy atom. The van der Waals surface area contributed by atoms with Crippen LogP contribution < -0.4 is 10.6 Å². The first-order valence-electron chi connectivity index (χ1n) is 6.00. The van der Waals surface area contributed by atoms with Crippen molar-refractivity contribution in [3.05, 3.63) is 65.5 Å². The molecule has 1 amide bonds. The molecule has 5 heteroatoms. The summed E-state index contributed by atoms with van der Waals surface area (Å²) in [5, 5.41) is 5.49. The number of hydrogen-bond acceptors (Lipinski definition) is 2. The third-order valence-electron chi connectivity index (χ3n) is 2.71. The van der Waals surface area contributed by atoms with Gasteiger partial charge in [-0.1, -0.05) is 24.3 Å². The Bertz CT molecular complexity index is 644. The maximum atomic E-state index is 13.2. The van der Waals surface area contributed by atoms with E-state index in [9.17, 15) is 9.18 Å². The lowest BCUT2D eigenvalue weighted by molar-refractivity contribution is 0.0977. The minimum absolute atomic E-state index is 0.132. The minimum Gasteiger partial charge on any atom is -0.332 e. The quantitative estimate of drug-likeness (QED) is 0.833. The average molecular weight is 288 g/mol. The number of thiocarbonyl (C=S) groups is 1. The molecule has 0 atom stereocenters. The van der Waals surface area contributed by atoms with Crippen molar-refractivity contribution < 1.29 is 9.18 Å². The Kier molecular flexibility index (Phi) is 4.42. The number of nitrogens with one attached hydrogen (secondary N) is 2. The van der Waals surface area contributed by atoms with Gasteiger partial charge in [-0.3, -0.25) is 10.1 Å². The monoisotopic (exact) mass is 288 g/mol. The van der Waals surface area contributed by atoms with Crippen molar-refractivity contribution in [3.63, 3.8) is 0 Å². The molecule has 0 saturated carbocycles. The van der Waals surface area contributed by atoms with Crippen LogP contribution in [0.2, 0.25) is 0 Å². The van der Waals surface area contributed by atoms with Gasteiger partial charge in [0, 0.05) is 11.3 Å². The second-order valence-electron chi connectivity index (χ2n) is 4.23. The normalized spacial score (nSPS) is 9.90. The molecule has 2 aromatic rings. The van der Waals surface area contributed by atoms with Crippen molar-refractivity contribution in [3.8, 4) is 0 Å². The summed E-state index contributed by atoms with van der Waals surface area (Å²) >= 11 is 5.05. The smallest absolute Gasteiger partial charge is 0.257 e. The van der Waals surface area contributed by atoms with Crippen molar-refractivity contribution in [2.75, 3.05) is 5.32 Å². The van der Waals surface area contributed by atoms with Gasteiger partial charge in [0.15, 0.2) is 5.11 Å². The molecule has 102 valence electrons. The predicted molar refractivity (Wildman–Crippen MR) is 81.3 cm³/mol. The molecule has 0 aliphatic carbocycles. The summed E-state index contributed by atoms with van der Waals surface area (Å²) in [4.78, 5) is 11.9. The fourth-order valence-electron chi connectivity index (χ4n) is 1.65. The van der Waals surface area contributed by atoms with Crippen LogP contribution in [0.3, 0.4) is 0 Å². The first kappa shape index (κ1) is 14.1. The van der Waals surface area contributed by atoms with Gasteiger partial charge in [-0.2, -0.15) is 0 Å². The molecule has 0 spiro atoms. The molecule has 0 aliphatic heterocycles. The Labute approximate surface area is 121 Å². The molecule has 2 N–H and O–H groups in total. The van der Waals surface area contributed by atoms with Crippen LogP contribution in [-0.2, 0) is 0 Å². The summed E-state index contributed by atoms with van der Waals surface area (Å²) in [5.41, 5.74) is 1.87. The van der Waals surface area contributed by atoms with Gasteiger partial charge in [0.1, 0.15) is 5.82 Å². The van der Waals surface area contributed by atoms with Gasteiger partial charge in [0.2, 0.25) is 0 Å². The predicted octanol–water partition coefficient (Wildman–Crippen LogP) is 3.26. The second-order valence-corrected chi connectivity index (χ2v) is 4.64. The molecule has 0 unspecified atom stereocenters. The van der Waals surface area contributed by atoms with Crippen LogP contribution in [0.15, 0.2) is 48.5 Å². The number of hydrogen-bond donors (Lipinski definition) is 2. The minimum atomic E-state index is -0.365. The lowest BCUT2D eigenvalue weighted by atomic mass is 10.2. The molecule has 0 bridgehead atoms. The van der Waals surface area contributed by atoms with Crippen LogP contribution in [0.4, 0.5) is 10.1 Å². The third kappa shape index (κ3) is 3.61. The van der Waals surface area contributed by atoms with Gasteiger partial charge >= 0.3 is 0 Å². The Balaban J connectivity index is 2.03. The Morgan fingerprint density at radius 2 is 1.85 bits per heavy atom. The molecular weight excluding hydrogens is 275 g/mol. The molecule has 0 heterocycles. The molecular formula is C15H13FN2OS. The summed E-state index contributed by atoms with van der Waals surface area (Å²) in [6.07, 6.45) is 0. The van der Waals surface area contributed by atoms with Crippen LogP contribution in [0.1, 0.15) is 15.9 Å². The third-order valence-corrected chi connectivity index (χ3v) is 2.91. The molecule has 0 aliphatic rings. The molecule has 0 fully saturated rings. The molecule has 20 heavy (non-hydrogen) atoms. The van der Waals surface area contributed by atoms with Gasteiger partial charge in [0.25, 0.3) is 5.91 Å². The first-order chi connectivity index (χ1) is 9.56. The highest BCUT2D eigenvalue weighted by molar-refractivity contribution is 7.80. The van der Waals surface area contributed by atoms with Crippen molar-refractivity contribution in [1.82, 2.24) is 5.32 Å². The standard InChI is InChI=1S/C15H13FN2OS/c1-10-7-8-12(16)9-13(10)17-15(20)18-14(19)11-5-3-2-4-6-11/h2-9H,1H3,(H2,17,18,19,20). The van der Waals surface area contributed by atoms with Crippen LogP contribution >= 0.6 is 12.2 Å². The van der Waals surface area contributed by atoms with E-state index in [1.54, 1.807) is 30.3 Å². The number of carbonyl (C=O) groups is 1. The highest BCUT2D eigenvalue weighted by Crippen LogP contribution is 2.15. The molecule has 2 aromatic carbocycles. The van der Waals surface area contributed by atoms with E-state index in [1.165, 1.54) is 12.1 Å². The number of halogens is 1. The van der Waals surface area contributed by atoms with Gasteiger partial charge < -0.3 is 5.32 Å². The van der Waals surface area contributed by atoms with Crippen LogP contribution in [-0.4, -0.2) is 11.0 Å². The summed E-state index contributed by atoms with van der Waals surface area (Å²) in [7, 11) is 0. The molecule has 0 aromatic heterocycles. The number of benzene rings is 2. The Morgan fingerprint density at radius 1 is 1.15 bits per heavy atom. The van der Waals surface area contributed by atoms with Crippen molar-refractivity contribution in [2.45, 2.75) is 6.92 Å². The zero-order chi connectivity index (χ0) is 14.5. The largest absolute Gasteiger partial charge is 0.332 e. The SMILES string of the molecule is Cc1ccc(F)cc1NC(=S)NC(=O)c1ccccc1. The molecule has 0 radical (unpaired) electrons. The number of rotatable bonds is 2. The number of anilines is 1. The van der Waals surface area contributed by atoms with E-state index < -0.39 is 0 Å². The summed E-state index contributed by atoms with van der Waals surface area (Å²) in [6, 6.07) is 13.1. The van der Waals surface area contributed by atoms with E-state index >= 15 is 0 Å². The first-order valence-corrected chi connectivity index (χ1v) is 6.40. The van der Waals surface area contributed by atoms with E-state index in [0.717, 1.165) is 5.56 Å². The van der Waals surface area contributed by atoms with E-state index in [4.69, 9.17) is 12.2 Å². The van der Waals surface area contributed by atoms with E-state index in [0.29, 0.717) is 11.3 Å². The van der Waals surface area contributed by atoms with Crippen LogP contribution in [0, 0.1) is 12.7 Å². The maximum absolute atomic E-state index is 13.2. The molecule has 2 rings (SSSR count). The van der Waals surface area contributed by atoms with Gasteiger partial charge in [-0.15, -0.1) is 0 Å². The van der Waals surface area contributed by atoms with Crippen molar-refractivity contribution >= 4 is 28.9 Å². The fraction of sp³-hybridized carbons (Fsp3) is 0.0667. The van der Waals surface area contributed by atoms with E-state index in [1.807, 2.05) is 13.0 Å². The number of amides is 1. The summed E-state index contributed by atoms with van der Waals surface area (Å²) < 4.78 is 13.2. The topological polar surface area (TPSA) is 41.1 Å². The lowest BCUT2D eigenvalue weighted by Crippen LogP contribution is -2.34. The summed E-state index contributed by atoms with van der Waals surface area (Å²) in [6.45, 7) is 1.82. The maximum Gasteiger partial charge on any atom is 0.257 e. The van der Waals surface area contributed by atoms with Crippen molar-refractivity contribution in [2.24, 2.45) is 0 Å². The highest BCUT2D eigenvalue weighted by atomic mass is 32.1. The fourth-order valence-corrected chi connectivity index (χ4v) is 1.85. The van der Waals surface area contributed by atoms with Gasteiger partial charge in [0.05, 0.1) is 0 Å². The van der Waals surface area contributed by atoms with Crippen LogP contribution in [0.5, 0.6) is 0 Å². The van der Waals surface area contributed by atoms with Gasteiger partial charge in [-0.25, -0.2) is 4.39 Å². The second kappa shape index (κ2) is 6.25. The average Bonchev–Trinajstić information content (AvgIpc) is 2.43. The molecule has 0 saturated heterocycles. The zero-order valence-corrected chi connectivity index (χ0v) is 11.6. The van der Waals surface area contributed by atoms with Gasteiger partial charge in [-0.05, 0) is 49.0 Å². The molecule has 3 nitrogen and oxygen atoms in total. The Hall–Kier alpha value is -2.27. The van der Waals surface area contributed by atoms with Crippen LogP contribution in [0.25, 0.3) is 0 Å². The van der Waals surface area contributed by atoms with Crippen molar-refractivity contribution in [1.29, 1.82) is 0 Å². The summed E-state index contributed by atoms with van der Waals surface area (Å²) in [5.74, 6) is -0.674. The lowest BCUT2D eigenvalue weighted by Gasteiger charge is -2.11. The zero-order valence-electron chi connectivity index (χ0n) is 10.8. The number of carbonyl (C=O) groups excluding carboxylic acids is 1. The van der Waals surface area contributed by atoms with E-state index in [2.05, 4.69) is 10.6 Å². The highest BCUT2D eigenvalue weighted by Gasteiger charge is 2.08. The number of aryl methyl sites for hydroxylation is 1.